The lowest BCUT2D eigenvalue weighted by molar-refractivity contribution is -0.140. The van der Waals surface area contributed by atoms with Crippen molar-refractivity contribution < 1.29 is 29.3 Å². The van der Waals surface area contributed by atoms with Gasteiger partial charge in [-0.3, -0.25) is 0 Å². The molecule has 0 unspecified atom stereocenters. The van der Waals surface area contributed by atoms with Gasteiger partial charge in [0.05, 0.1) is 0 Å². The SMILES string of the molecule is CC(C)(c1ccccc1OCC(=O)O)c1ccccc1OCC(=O)O. The van der Waals surface area contributed by atoms with Crippen molar-refractivity contribution in [1.29, 1.82) is 0 Å². The third-order valence-electron chi connectivity index (χ3n) is 3.82. The monoisotopic (exact) mass is 344 g/mol. The van der Waals surface area contributed by atoms with Crippen LogP contribution in [0.1, 0.15) is 25.0 Å². The van der Waals surface area contributed by atoms with Gasteiger partial charge < -0.3 is 19.7 Å². The van der Waals surface area contributed by atoms with Crippen LogP contribution in [-0.2, 0) is 15.0 Å². The van der Waals surface area contributed by atoms with Crippen molar-refractivity contribution in [2.24, 2.45) is 0 Å². The summed E-state index contributed by atoms with van der Waals surface area (Å²) in [6.45, 7) is 3.01. The molecule has 0 saturated heterocycles. The molecule has 25 heavy (non-hydrogen) atoms. The van der Waals surface area contributed by atoms with E-state index < -0.39 is 30.6 Å². The van der Waals surface area contributed by atoms with E-state index in [9.17, 15) is 9.59 Å². The first-order chi connectivity index (χ1) is 11.8. The van der Waals surface area contributed by atoms with Crippen LogP contribution < -0.4 is 9.47 Å². The number of aliphatic carboxylic acids is 2. The molecule has 0 aromatic heterocycles. The standard InChI is InChI=1S/C19H20O6/c1-19(2,13-7-3-5-9-15(13)24-11-17(20)21)14-8-4-6-10-16(14)25-12-18(22)23/h3-10H,11-12H2,1-2H3,(H,20,21)(H,22,23). The topological polar surface area (TPSA) is 93.1 Å². The third-order valence-corrected chi connectivity index (χ3v) is 3.82. The lowest BCUT2D eigenvalue weighted by Gasteiger charge is -2.29. The zero-order valence-electron chi connectivity index (χ0n) is 14.1. The number of rotatable bonds is 8. The molecular formula is C19H20O6. The number of hydrogen-bond donors (Lipinski definition) is 2. The second kappa shape index (κ2) is 7.70. The molecule has 0 aliphatic rings. The maximum absolute atomic E-state index is 10.8. The molecule has 2 aromatic rings. The Hall–Kier alpha value is -3.02. The number of hydrogen-bond acceptors (Lipinski definition) is 4. The highest BCUT2D eigenvalue weighted by atomic mass is 16.5. The highest BCUT2D eigenvalue weighted by molar-refractivity contribution is 5.69. The van der Waals surface area contributed by atoms with E-state index in [0.29, 0.717) is 11.5 Å². The second-order valence-electron chi connectivity index (χ2n) is 5.98. The first-order valence-electron chi connectivity index (χ1n) is 7.70. The molecule has 2 N–H and O–H groups in total. The fraction of sp³-hybridized carbons (Fsp3) is 0.263. The van der Waals surface area contributed by atoms with Crippen molar-refractivity contribution >= 4 is 11.9 Å². The van der Waals surface area contributed by atoms with E-state index in [0.717, 1.165) is 11.1 Å². The normalized spacial score (nSPS) is 11.0. The summed E-state index contributed by atoms with van der Waals surface area (Å²) in [6.07, 6.45) is 0. The molecule has 0 aliphatic carbocycles. The van der Waals surface area contributed by atoms with Gasteiger partial charge in [-0.05, 0) is 12.1 Å². The summed E-state index contributed by atoms with van der Waals surface area (Å²) in [5.41, 5.74) is 0.967. The maximum atomic E-state index is 10.8. The summed E-state index contributed by atoms with van der Waals surface area (Å²) < 4.78 is 10.8. The Morgan fingerprint density at radius 3 is 1.52 bits per heavy atom. The average Bonchev–Trinajstić information content (AvgIpc) is 2.58. The third kappa shape index (κ3) is 4.50. The Bertz CT molecular complexity index is 703. The molecule has 2 rings (SSSR count). The van der Waals surface area contributed by atoms with Crippen LogP contribution in [0.5, 0.6) is 11.5 Å². The van der Waals surface area contributed by atoms with Crippen molar-refractivity contribution in [2.45, 2.75) is 19.3 Å². The van der Waals surface area contributed by atoms with Crippen LogP contribution in [0.4, 0.5) is 0 Å². The fourth-order valence-electron chi connectivity index (χ4n) is 2.64. The minimum Gasteiger partial charge on any atom is -0.482 e. The lowest BCUT2D eigenvalue weighted by atomic mass is 9.77. The summed E-state index contributed by atoms with van der Waals surface area (Å²) in [7, 11) is 0. The highest BCUT2D eigenvalue weighted by Gasteiger charge is 2.29. The van der Waals surface area contributed by atoms with E-state index in [2.05, 4.69) is 0 Å². The van der Waals surface area contributed by atoms with Gasteiger partial charge in [-0.25, -0.2) is 9.59 Å². The van der Waals surface area contributed by atoms with Crippen molar-refractivity contribution in [2.75, 3.05) is 13.2 Å². The Labute approximate surface area is 145 Å². The maximum Gasteiger partial charge on any atom is 0.341 e. The number of carboxylic acid groups (broad SMARTS) is 2. The molecule has 6 nitrogen and oxygen atoms in total. The summed E-state index contributed by atoms with van der Waals surface area (Å²) in [4.78, 5) is 21.6. The number of para-hydroxylation sites is 2. The molecule has 6 heteroatoms. The van der Waals surface area contributed by atoms with Gasteiger partial charge in [0.1, 0.15) is 11.5 Å². The minimum absolute atomic E-state index is 0.440. The van der Waals surface area contributed by atoms with Crippen LogP contribution in [-0.4, -0.2) is 35.4 Å². The molecule has 0 heterocycles. The molecule has 0 fully saturated rings. The van der Waals surface area contributed by atoms with E-state index >= 15 is 0 Å². The van der Waals surface area contributed by atoms with Gasteiger partial charge in [0, 0.05) is 16.5 Å². The van der Waals surface area contributed by atoms with E-state index in [-0.39, 0.29) is 0 Å². The molecule has 0 radical (unpaired) electrons. The van der Waals surface area contributed by atoms with Crippen LogP contribution in [0.25, 0.3) is 0 Å². The zero-order valence-corrected chi connectivity index (χ0v) is 14.1. The largest absolute Gasteiger partial charge is 0.482 e. The second-order valence-corrected chi connectivity index (χ2v) is 5.98. The number of benzene rings is 2. The number of ether oxygens (including phenoxy) is 2. The van der Waals surface area contributed by atoms with E-state index in [1.807, 2.05) is 38.1 Å². The van der Waals surface area contributed by atoms with E-state index in [4.69, 9.17) is 19.7 Å². The first-order valence-corrected chi connectivity index (χ1v) is 7.70. The molecule has 2 aromatic carbocycles. The molecule has 0 saturated carbocycles. The van der Waals surface area contributed by atoms with Crippen molar-refractivity contribution in [3.63, 3.8) is 0 Å². The first kappa shape index (κ1) is 18.3. The van der Waals surface area contributed by atoms with Gasteiger partial charge in [0.25, 0.3) is 0 Å². The summed E-state index contributed by atoms with van der Waals surface area (Å²) >= 11 is 0. The van der Waals surface area contributed by atoms with Crippen LogP contribution >= 0.6 is 0 Å². The van der Waals surface area contributed by atoms with Gasteiger partial charge >= 0.3 is 11.9 Å². The van der Waals surface area contributed by atoms with Gasteiger partial charge in [-0.2, -0.15) is 0 Å². The molecule has 0 spiro atoms. The number of carboxylic acids is 2. The van der Waals surface area contributed by atoms with Crippen LogP contribution in [0.3, 0.4) is 0 Å². The molecule has 0 bridgehead atoms. The Balaban J connectivity index is 2.42. The quantitative estimate of drug-likeness (QED) is 0.765. The van der Waals surface area contributed by atoms with E-state index in [1.165, 1.54) is 0 Å². The van der Waals surface area contributed by atoms with E-state index in [1.54, 1.807) is 24.3 Å². The molecule has 0 amide bonds. The van der Waals surface area contributed by atoms with Crippen molar-refractivity contribution in [1.82, 2.24) is 0 Å². The Kier molecular flexibility index (Phi) is 5.64. The summed E-state index contributed by atoms with van der Waals surface area (Å²) in [5, 5.41) is 17.7. The zero-order chi connectivity index (χ0) is 18.4. The van der Waals surface area contributed by atoms with Crippen LogP contribution in [0, 0.1) is 0 Å². The van der Waals surface area contributed by atoms with Crippen LogP contribution in [0.15, 0.2) is 48.5 Å². The van der Waals surface area contributed by atoms with Crippen molar-refractivity contribution in [3.8, 4) is 11.5 Å². The molecule has 0 aliphatic heterocycles. The minimum atomic E-state index is -1.06. The predicted molar refractivity (Wildman–Crippen MR) is 91.3 cm³/mol. The molecule has 0 atom stereocenters. The van der Waals surface area contributed by atoms with Gasteiger partial charge in [0.2, 0.25) is 0 Å². The fourth-order valence-corrected chi connectivity index (χ4v) is 2.64. The lowest BCUT2D eigenvalue weighted by Crippen LogP contribution is -2.23. The Morgan fingerprint density at radius 1 is 0.800 bits per heavy atom. The Morgan fingerprint density at radius 2 is 1.16 bits per heavy atom. The van der Waals surface area contributed by atoms with Crippen molar-refractivity contribution in [3.05, 3.63) is 59.7 Å². The van der Waals surface area contributed by atoms with Crippen LogP contribution in [0.2, 0.25) is 0 Å². The molecule has 132 valence electrons. The number of carbonyl (C=O) groups is 2. The summed E-state index contributed by atoms with van der Waals surface area (Å²) in [5.74, 6) is -1.19. The smallest absolute Gasteiger partial charge is 0.341 e. The van der Waals surface area contributed by atoms with Gasteiger partial charge in [0.15, 0.2) is 13.2 Å². The van der Waals surface area contributed by atoms with Gasteiger partial charge in [-0.1, -0.05) is 50.2 Å². The summed E-state index contributed by atoms with van der Waals surface area (Å²) in [6, 6.07) is 14.3. The predicted octanol–water partition coefficient (Wildman–Crippen LogP) is 2.94. The van der Waals surface area contributed by atoms with Gasteiger partial charge in [-0.15, -0.1) is 0 Å². The average molecular weight is 344 g/mol. The molecular weight excluding hydrogens is 324 g/mol. The highest BCUT2D eigenvalue weighted by Crippen LogP contribution is 2.41.